The molecule has 0 aliphatic rings. The van der Waals surface area contributed by atoms with Crippen LogP contribution in [-0.2, 0) is 24.4 Å². The lowest BCUT2D eigenvalue weighted by atomic mass is 10.1. The van der Waals surface area contributed by atoms with Crippen molar-refractivity contribution in [2.45, 2.75) is 39.5 Å². The van der Waals surface area contributed by atoms with Gasteiger partial charge in [-0.15, -0.1) is 0 Å². The maximum Gasteiger partial charge on any atom is 0.294 e. The number of phenolic OH excluding ortho intramolecular Hbond substituents is 1. The molecule has 0 saturated heterocycles. The van der Waals surface area contributed by atoms with Crippen molar-refractivity contribution in [1.82, 2.24) is 20.2 Å². The third-order valence-corrected chi connectivity index (χ3v) is 6.41. The number of phenols is 1. The summed E-state index contributed by atoms with van der Waals surface area (Å²) in [7, 11) is 0. The monoisotopic (exact) mass is 582 g/mol. The van der Waals surface area contributed by atoms with Crippen LogP contribution in [0.4, 0.5) is 11.5 Å². The van der Waals surface area contributed by atoms with Gasteiger partial charge in [0.1, 0.15) is 18.1 Å². The number of anilines is 2. The van der Waals surface area contributed by atoms with Gasteiger partial charge in [-0.2, -0.15) is 0 Å². The first kappa shape index (κ1) is 30.3. The molecule has 0 aliphatic carbocycles. The third-order valence-electron chi connectivity index (χ3n) is 6.41. The fourth-order valence-electron chi connectivity index (χ4n) is 4.33. The molecule has 9 N–H and O–H groups in total. The fourth-order valence-corrected chi connectivity index (χ4v) is 4.33. The van der Waals surface area contributed by atoms with Gasteiger partial charge in [0.05, 0.1) is 11.9 Å². The summed E-state index contributed by atoms with van der Waals surface area (Å²) in [6.07, 6.45) is 1.46. The summed E-state index contributed by atoms with van der Waals surface area (Å²) in [4.78, 5) is 43.9. The SMILES string of the molecule is CC(C)Nc1ncc(-c2cc(N)cc(C(=O)NCc3cccc(O)c3)c2)n(CC(=O)NCc2ccc(C(=N)N)cc2)c1=O. The Bertz CT molecular complexity index is 1710. The molecule has 4 rings (SSSR count). The van der Waals surface area contributed by atoms with Gasteiger partial charge in [-0.3, -0.25) is 24.4 Å². The Labute approximate surface area is 248 Å². The molecule has 1 aromatic heterocycles. The topological polar surface area (TPSA) is 201 Å². The maximum absolute atomic E-state index is 13.5. The molecule has 0 saturated carbocycles. The van der Waals surface area contributed by atoms with E-state index in [2.05, 4.69) is 20.9 Å². The van der Waals surface area contributed by atoms with Crippen molar-refractivity contribution in [3.8, 4) is 17.0 Å². The number of aromatic hydroxyl groups is 1. The number of amides is 2. The molecule has 2 amide bonds. The number of nitrogen functional groups attached to an aromatic ring is 2. The number of nitrogens with two attached hydrogens (primary N) is 2. The standard InChI is InChI=1S/C31H34N8O4/c1-18(2)38-29-31(43)39(17-27(41)35-14-19-6-8-21(9-7-19)28(33)34)26(16-36-29)22-11-23(13-24(32)12-22)30(42)37-15-20-4-3-5-25(40)10-20/h3-13,16,18,40H,14-15,17,32H2,1-2H3,(H3,33,34)(H,35,41)(H,36,38)(H,37,42). The van der Waals surface area contributed by atoms with Gasteiger partial charge >= 0.3 is 0 Å². The van der Waals surface area contributed by atoms with Crippen LogP contribution in [0.15, 0.2) is 77.7 Å². The van der Waals surface area contributed by atoms with Gasteiger partial charge in [0.2, 0.25) is 5.91 Å². The molecular formula is C31H34N8O4. The molecule has 12 heteroatoms. The Morgan fingerprint density at radius 1 is 0.977 bits per heavy atom. The lowest BCUT2D eigenvalue weighted by Crippen LogP contribution is -2.35. The minimum absolute atomic E-state index is 0.0512. The highest BCUT2D eigenvalue weighted by Crippen LogP contribution is 2.24. The molecule has 222 valence electrons. The van der Waals surface area contributed by atoms with E-state index in [-0.39, 0.29) is 54.3 Å². The normalized spacial score (nSPS) is 10.8. The maximum atomic E-state index is 13.5. The van der Waals surface area contributed by atoms with E-state index in [0.29, 0.717) is 22.4 Å². The number of hydrogen-bond acceptors (Lipinski definition) is 8. The average molecular weight is 583 g/mol. The summed E-state index contributed by atoms with van der Waals surface area (Å²) in [6.45, 7) is 3.79. The lowest BCUT2D eigenvalue weighted by molar-refractivity contribution is -0.121. The van der Waals surface area contributed by atoms with Gasteiger partial charge in [0.25, 0.3) is 11.5 Å². The van der Waals surface area contributed by atoms with Crippen LogP contribution in [0.25, 0.3) is 11.3 Å². The fraction of sp³-hybridized carbons (Fsp3) is 0.194. The Balaban J connectivity index is 1.60. The zero-order chi connectivity index (χ0) is 31.1. The highest BCUT2D eigenvalue weighted by Gasteiger charge is 2.18. The van der Waals surface area contributed by atoms with Crippen molar-refractivity contribution in [3.05, 3.63) is 106 Å². The zero-order valence-corrected chi connectivity index (χ0v) is 23.8. The molecule has 0 unspecified atom stereocenters. The van der Waals surface area contributed by atoms with Crippen molar-refractivity contribution in [2.24, 2.45) is 5.73 Å². The molecule has 0 spiro atoms. The highest BCUT2D eigenvalue weighted by atomic mass is 16.3. The molecule has 0 atom stereocenters. The first-order chi connectivity index (χ1) is 20.5. The van der Waals surface area contributed by atoms with Crippen LogP contribution in [0, 0.1) is 5.41 Å². The molecule has 0 radical (unpaired) electrons. The minimum Gasteiger partial charge on any atom is -0.508 e. The van der Waals surface area contributed by atoms with Crippen LogP contribution in [0.5, 0.6) is 5.75 Å². The summed E-state index contributed by atoms with van der Waals surface area (Å²) in [6, 6.07) is 18.0. The molecule has 3 aromatic carbocycles. The Morgan fingerprint density at radius 3 is 2.37 bits per heavy atom. The second-order valence-electron chi connectivity index (χ2n) is 10.3. The van der Waals surface area contributed by atoms with E-state index in [1.165, 1.54) is 22.9 Å². The van der Waals surface area contributed by atoms with Crippen LogP contribution in [0.1, 0.15) is 40.9 Å². The number of rotatable bonds is 11. The van der Waals surface area contributed by atoms with Gasteiger partial charge in [0, 0.05) is 41.5 Å². The van der Waals surface area contributed by atoms with E-state index in [1.807, 2.05) is 13.8 Å². The van der Waals surface area contributed by atoms with E-state index in [1.54, 1.807) is 54.6 Å². The molecule has 12 nitrogen and oxygen atoms in total. The van der Waals surface area contributed by atoms with Crippen molar-refractivity contribution in [3.63, 3.8) is 0 Å². The van der Waals surface area contributed by atoms with Gasteiger partial charge in [-0.25, -0.2) is 4.98 Å². The number of hydrogen-bond donors (Lipinski definition) is 7. The summed E-state index contributed by atoms with van der Waals surface area (Å²) in [5.74, 6) is -0.711. The van der Waals surface area contributed by atoms with Gasteiger partial charge in [-0.1, -0.05) is 36.4 Å². The number of carbonyl (C=O) groups is 2. The van der Waals surface area contributed by atoms with Crippen LogP contribution in [0.2, 0.25) is 0 Å². The highest BCUT2D eigenvalue weighted by molar-refractivity contribution is 5.96. The van der Waals surface area contributed by atoms with Crippen molar-refractivity contribution >= 4 is 29.2 Å². The van der Waals surface area contributed by atoms with Gasteiger partial charge < -0.3 is 32.5 Å². The third kappa shape index (κ3) is 7.97. The Hall–Kier alpha value is -5.65. The predicted octanol–water partition coefficient (Wildman–Crippen LogP) is 2.55. The van der Waals surface area contributed by atoms with Crippen LogP contribution >= 0.6 is 0 Å². The number of nitrogens with one attached hydrogen (secondary N) is 4. The van der Waals surface area contributed by atoms with Crippen molar-refractivity contribution in [1.29, 1.82) is 5.41 Å². The molecule has 1 heterocycles. The molecule has 0 aliphatic heterocycles. The number of carbonyl (C=O) groups excluding carboxylic acids is 2. The summed E-state index contributed by atoms with van der Waals surface area (Å²) in [5.41, 5.74) is 14.5. The van der Waals surface area contributed by atoms with E-state index in [9.17, 15) is 19.5 Å². The zero-order valence-electron chi connectivity index (χ0n) is 23.8. The smallest absolute Gasteiger partial charge is 0.294 e. The van der Waals surface area contributed by atoms with Crippen LogP contribution in [-0.4, -0.2) is 38.3 Å². The molecule has 0 fully saturated rings. The summed E-state index contributed by atoms with van der Waals surface area (Å²) >= 11 is 0. The molecule has 0 bridgehead atoms. The quantitative estimate of drug-likeness (QED) is 0.0794. The summed E-state index contributed by atoms with van der Waals surface area (Å²) < 4.78 is 1.29. The van der Waals surface area contributed by atoms with Crippen LogP contribution in [0.3, 0.4) is 0 Å². The molecule has 43 heavy (non-hydrogen) atoms. The van der Waals surface area contributed by atoms with Crippen molar-refractivity contribution < 1.29 is 14.7 Å². The number of amidine groups is 1. The number of nitrogens with zero attached hydrogens (tertiary/aromatic N) is 2. The van der Waals surface area contributed by atoms with E-state index >= 15 is 0 Å². The average Bonchev–Trinajstić information content (AvgIpc) is 2.96. The van der Waals surface area contributed by atoms with Gasteiger partial charge in [0.15, 0.2) is 5.82 Å². The van der Waals surface area contributed by atoms with E-state index in [0.717, 1.165) is 5.56 Å². The largest absolute Gasteiger partial charge is 0.508 e. The molecular weight excluding hydrogens is 548 g/mol. The first-order valence-electron chi connectivity index (χ1n) is 13.5. The second kappa shape index (κ2) is 13.3. The minimum atomic E-state index is -0.510. The first-order valence-corrected chi connectivity index (χ1v) is 13.5. The van der Waals surface area contributed by atoms with Crippen molar-refractivity contribution in [2.75, 3.05) is 11.1 Å². The predicted molar refractivity (Wildman–Crippen MR) is 166 cm³/mol. The van der Waals surface area contributed by atoms with Crippen LogP contribution < -0.4 is 33.0 Å². The van der Waals surface area contributed by atoms with E-state index < -0.39 is 17.4 Å². The number of benzene rings is 3. The van der Waals surface area contributed by atoms with E-state index in [4.69, 9.17) is 16.9 Å². The summed E-state index contributed by atoms with van der Waals surface area (Å²) in [5, 5.41) is 25.8. The Morgan fingerprint density at radius 2 is 1.70 bits per heavy atom. The molecule has 4 aromatic rings. The lowest BCUT2D eigenvalue weighted by Gasteiger charge is -2.17. The van der Waals surface area contributed by atoms with Gasteiger partial charge in [-0.05, 0) is 55.3 Å². The Kier molecular flexibility index (Phi) is 9.40. The second-order valence-corrected chi connectivity index (χ2v) is 10.3. The number of aromatic nitrogens is 2.